The molecule has 1 aromatic heterocycles. The average molecular weight is 386 g/mol. The number of nitrogens with one attached hydrogen (secondary N) is 2. The van der Waals surface area contributed by atoms with Crippen molar-refractivity contribution in [3.8, 4) is 0 Å². The Labute approximate surface area is 162 Å². The van der Waals surface area contributed by atoms with Gasteiger partial charge in [-0.15, -0.1) is 11.3 Å². The lowest BCUT2D eigenvalue weighted by Crippen LogP contribution is -3.11. The van der Waals surface area contributed by atoms with Crippen molar-refractivity contribution in [2.24, 2.45) is 5.92 Å². The van der Waals surface area contributed by atoms with Crippen molar-refractivity contribution < 1.29 is 19.2 Å². The third-order valence-corrected chi connectivity index (χ3v) is 6.16. The number of carbonyl (C=O) groups is 2. The second-order valence-corrected chi connectivity index (χ2v) is 8.34. The predicted molar refractivity (Wildman–Crippen MR) is 103 cm³/mol. The second kappa shape index (κ2) is 7.78. The Hall–Kier alpha value is -2.25. The summed E-state index contributed by atoms with van der Waals surface area (Å²) < 4.78 is 5.33. The van der Waals surface area contributed by atoms with Crippen LogP contribution in [-0.2, 0) is 16.1 Å². The highest BCUT2D eigenvalue weighted by Gasteiger charge is 2.32. The van der Waals surface area contributed by atoms with Crippen LogP contribution in [0.15, 0.2) is 29.6 Å². The van der Waals surface area contributed by atoms with E-state index in [-0.39, 0.29) is 18.3 Å². The van der Waals surface area contributed by atoms with Gasteiger partial charge in [-0.1, -0.05) is 25.1 Å². The molecule has 3 heterocycles. The highest BCUT2D eigenvalue weighted by molar-refractivity contribution is 7.13. The number of piperidine rings is 1. The lowest BCUT2D eigenvalue weighted by atomic mass is 9.99. The largest absolute Gasteiger partial charge is 0.453 e. The van der Waals surface area contributed by atoms with E-state index in [1.54, 1.807) is 17.0 Å². The molecule has 1 aromatic carbocycles. The van der Waals surface area contributed by atoms with Crippen LogP contribution in [0, 0.1) is 5.92 Å². The molecule has 0 saturated carbocycles. The van der Waals surface area contributed by atoms with Crippen molar-refractivity contribution in [1.82, 2.24) is 4.98 Å². The number of carbonyl (C=O) groups excluding carboxylic acids is 2. The molecule has 0 unspecified atom stereocenters. The molecular weight excluding hydrogens is 362 g/mol. The molecule has 1 amide bonds. The van der Waals surface area contributed by atoms with E-state index in [0.29, 0.717) is 10.7 Å². The number of esters is 1. The predicted octanol–water partition coefficient (Wildman–Crippen LogP) is 2.20. The minimum atomic E-state index is -0.520. The van der Waals surface area contributed by atoms with Crippen LogP contribution in [0.4, 0.5) is 5.13 Å². The Bertz CT molecular complexity index is 843. The first-order valence-corrected chi connectivity index (χ1v) is 10.3. The van der Waals surface area contributed by atoms with Crippen molar-refractivity contribution in [2.45, 2.75) is 38.8 Å². The number of nitrogens with zero attached hydrogens (tertiary/aromatic N) is 1. The fourth-order valence-corrected chi connectivity index (χ4v) is 4.49. The van der Waals surface area contributed by atoms with Gasteiger partial charge in [-0.2, -0.15) is 0 Å². The second-order valence-electron chi connectivity index (χ2n) is 7.49. The molecule has 27 heavy (non-hydrogen) atoms. The number of quaternary nitrogens is 1. The summed E-state index contributed by atoms with van der Waals surface area (Å²) in [6.45, 7) is 5.60. The zero-order chi connectivity index (χ0) is 18.8. The molecule has 2 aromatic rings. The number of hydrogen-bond donors (Lipinski definition) is 2. The first kappa shape index (κ1) is 18.1. The van der Waals surface area contributed by atoms with Gasteiger partial charge in [0, 0.05) is 10.9 Å². The highest BCUT2D eigenvalue weighted by Crippen LogP contribution is 2.33. The third kappa shape index (κ3) is 4.20. The summed E-state index contributed by atoms with van der Waals surface area (Å²) in [6.07, 6.45) is 2.12. The summed E-state index contributed by atoms with van der Waals surface area (Å²) in [4.78, 5) is 30.4. The number of cyclic esters (lactones) is 1. The van der Waals surface area contributed by atoms with Gasteiger partial charge in [-0.25, -0.2) is 9.78 Å². The Morgan fingerprint density at radius 2 is 2.11 bits per heavy atom. The van der Waals surface area contributed by atoms with E-state index in [4.69, 9.17) is 4.74 Å². The van der Waals surface area contributed by atoms with Gasteiger partial charge < -0.3 is 15.0 Å². The number of fused-ring (bicyclic) bond motifs is 1. The molecule has 2 N–H and O–H groups in total. The minimum absolute atomic E-state index is 0.104. The molecule has 142 valence electrons. The smallest absolute Gasteiger partial charge is 0.339 e. The normalized spacial score (nSPS) is 24.3. The van der Waals surface area contributed by atoms with Gasteiger partial charge in [0.05, 0.1) is 25.1 Å². The fraction of sp³-hybridized carbons (Fsp3) is 0.450. The van der Waals surface area contributed by atoms with Crippen molar-refractivity contribution in [2.75, 3.05) is 18.4 Å². The van der Waals surface area contributed by atoms with Gasteiger partial charge in [0.15, 0.2) is 5.13 Å². The zero-order valence-corrected chi connectivity index (χ0v) is 16.2. The van der Waals surface area contributed by atoms with E-state index in [2.05, 4.69) is 17.2 Å². The van der Waals surface area contributed by atoms with Crippen LogP contribution in [0.3, 0.4) is 0 Å². The molecule has 0 radical (unpaired) electrons. The van der Waals surface area contributed by atoms with Crippen LogP contribution in [0.1, 0.15) is 53.9 Å². The van der Waals surface area contributed by atoms with Crippen LogP contribution in [0.25, 0.3) is 0 Å². The lowest BCUT2D eigenvalue weighted by Gasteiger charge is -2.26. The quantitative estimate of drug-likeness (QED) is 0.773. The van der Waals surface area contributed by atoms with Crippen LogP contribution < -0.4 is 10.2 Å². The maximum atomic E-state index is 12.4. The van der Waals surface area contributed by atoms with E-state index in [9.17, 15) is 9.59 Å². The summed E-state index contributed by atoms with van der Waals surface area (Å²) in [6, 6.07) is 7.21. The molecular formula is C20H24N3O3S+. The van der Waals surface area contributed by atoms with E-state index in [0.717, 1.165) is 23.7 Å². The molecule has 4 rings (SSSR count). The summed E-state index contributed by atoms with van der Waals surface area (Å²) >= 11 is 1.45. The highest BCUT2D eigenvalue weighted by atomic mass is 32.1. The molecule has 2 aliphatic heterocycles. The minimum Gasteiger partial charge on any atom is -0.453 e. The van der Waals surface area contributed by atoms with E-state index >= 15 is 0 Å². The number of ether oxygens (including phenoxy) is 1. The number of amides is 1. The van der Waals surface area contributed by atoms with Crippen molar-refractivity contribution >= 4 is 28.3 Å². The first-order chi connectivity index (χ1) is 13.1. The number of thiazole rings is 1. The number of benzene rings is 1. The number of likely N-dealkylation sites (tertiary alicyclic amines) is 1. The number of aromatic nitrogens is 1. The molecule has 0 spiro atoms. The van der Waals surface area contributed by atoms with Crippen LogP contribution in [-0.4, -0.2) is 29.9 Å². The number of rotatable bonds is 5. The zero-order valence-electron chi connectivity index (χ0n) is 15.4. The SMILES string of the molecule is CC1CC[NH+](Cc2csc(NC(=O)C[C@@H]3OC(=O)c4ccccc43)n2)CC1. The first-order valence-electron chi connectivity index (χ1n) is 9.46. The van der Waals surface area contributed by atoms with Gasteiger partial charge in [0.2, 0.25) is 5.91 Å². The number of hydrogen-bond acceptors (Lipinski definition) is 5. The molecule has 2 aliphatic rings. The average Bonchev–Trinajstić information content (AvgIpc) is 3.22. The van der Waals surface area contributed by atoms with Crippen molar-refractivity contribution in [3.05, 3.63) is 46.5 Å². The summed E-state index contributed by atoms with van der Waals surface area (Å²) in [5, 5.41) is 5.48. The third-order valence-electron chi connectivity index (χ3n) is 5.36. The lowest BCUT2D eigenvalue weighted by molar-refractivity contribution is -0.920. The molecule has 1 fully saturated rings. The molecule has 0 bridgehead atoms. The standard InChI is InChI=1S/C20H23N3O3S/c1-13-6-8-23(9-7-13)11-14-12-27-20(21-14)22-18(24)10-17-15-4-2-3-5-16(15)19(25)26-17/h2-5,12-13,17H,6-11H2,1H3,(H,21,22,24)/p+1/t17-/m0/s1. The monoisotopic (exact) mass is 386 g/mol. The summed E-state index contributed by atoms with van der Waals surface area (Å²) in [7, 11) is 0. The maximum Gasteiger partial charge on any atom is 0.339 e. The topological polar surface area (TPSA) is 72.7 Å². The molecule has 1 atom stereocenters. The van der Waals surface area contributed by atoms with Crippen LogP contribution in [0.2, 0.25) is 0 Å². The van der Waals surface area contributed by atoms with Gasteiger partial charge in [-0.3, -0.25) is 4.79 Å². The molecule has 7 heteroatoms. The van der Waals surface area contributed by atoms with E-state index in [1.807, 2.05) is 17.5 Å². The molecule has 6 nitrogen and oxygen atoms in total. The van der Waals surface area contributed by atoms with Gasteiger partial charge in [-0.05, 0) is 24.8 Å². The van der Waals surface area contributed by atoms with Gasteiger partial charge >= 0.3 is 5.97 Å². The Morgan fingerprint density at radius 3 is 2.93 bits per heavy atom. The van der Waals surface area contributed by atoms with Crippen LogP contribution in [0.5, 0.6) is 0 Å². The summed E-state index contributed by atoms with van der Waals surface area (Å²) in [5.41, 5.74) is 2.35. The van der Waals surface area contributed by atoms with Gasteiger partial charge in [0.25, 0.3) is 0 Å². The Balaban J connectivity index is 1.32. The maximum absolute atomic E-state index is 12.4. The molecule has 1 saturated heterocycles. The number of anilines is 1. The fourth-order valence-electron chi connectivity index (χ4n) is 3.76. The molecule has 0 aliphatic carbocycles. The van der Waals surface area contributed by atoms with Crippen LogP contribution >= 0.6 is 11.3 Å². The van der Waals surface area contributed by atoms with Gasteiger partial charge in [0.1, 0.15) is 18.3 Å². The summed E-state index contributed by atoms with van der Waals surface area (Å²) in [5.74, 6) is 0.275. The van der Waals surface area contributed by atoms with E-state index < -0.39 is 6.10 Å². The Morgan fingerprint density at radius 1 is 1.33 bits per heavy atom. The Kier molecular flexibility index (Phi) is 5.22. The van der Waals surface area contributed by atoms with Crippen molar-refractivity contribution in [1.29, 1.82) is 0 Å². The van der Waals surface area contributed by atoms with E-state index in [1.165, 1.54) is 37.3 Å². The van der Waals surface area contributed by atoms with Crippen molar-refractivity contribution in [3.63, 3.8) is 0 Å².